The summed E-state index contributed by atoms with van der Waals surface area (Å²) in [5, 5.41) is 11.7. The third-order valence-electron chi connectivity index (χ3n) is 3.60. The fourth-order valence-electron chi connectivity index (χ4n) is 2.29. The summed E-state index contributed by atoms with van der Waals surface area (Å²) in [6.07, 6.45) is 0. The van der Waals surface area contributed by atoms with Crippen molar-refractivity contribution in [1.82, 2.24) is 5.32 Å². The molecule has 3 rings (SSSR count). The maximum absolute atomic E-state index is 11.8. The minimum atomic E-state index is -0.0599. The smallest absolute Gasteiger partial charge is 0.252 e. The Hall–Kier alpha value is -2.80. The van der Waals surface area contributed by atoms with E-state index in [-0.39, 0.29) is 12.5 Å². The minimum absolute atomic E-state index is 0.0599. The molecular formula is C17H17N5OS. The Balaban J connectivity index is 1.72. The Morgan fingerprint density at radius 1 is 1.00 bits per heavy atom. The first-order valence-corrected chi connectivity index (χ1v) is 7.85. The number of hydrogen-bond acceptors (Lipinski definition) is 5. The highest BCUT2D eigenvalue weighted by atomic mass is 32.1. The van der Waals surface area contributed by atoms with Gasteiger partial charge in [-0.15, -0.1) is 0 Å². The van der Waals surface area contributed by atoms with Crippen molar-refractivity contribution in [2.24, 2.45) is 10.2 Å². The van der Waals surface area contributed by atoms with Gasteiger partial charge in [-0.1, -0.05) is 0 Å². The first-order valence-electron chi connectivity index (χ1n) is 7.44. The molecule has 2 aromatic carbocycles. The van der Waals surface area contributed by atoms with Gasteiger partial charge >= 0.3 is 0 Å². The average molecular weight is 339 g/mol. The molecule has 0 unspecified atom stereocenters. The van der Waals surface area contributed by atoms with E-state index in [0.29, 0.717) is 10.8 Å². The van der Waals surface area contributed by atoms with Crippen molar-refractivity contribution in [2.75, 3.05) is 30.4 Å². The Kier molecular flexibility index (Phi) is 4.52. The molecule has 7 heteroatoms. The summed E-state index contributed by atoms with van der Waals surface area (Å²) >= 11 is 5.12. The van der Waals surface area contributed by atoms with Crippen LogP contribution in [0.3, 0.4) is 0 Å². The first kappa shape index (κ1) is 16.1. The number of benzene rings is 2. The third-order valence-corrected chi connectivity index (χ3v) is 3.93. The molecule has 0 spiro atoms. The average Bonchev–Trinajstić information content (AvgIpc) is 2.92. The van der Waals surface area contributed by atoms with E-state index in [1.807, 2.05) is 43.3 Å². The molecule has 0 aliphatic carbocycles. The van der Waals surface area contributed by atoms with Crippen LogP contribution in [0.4, 0.5) is 22.7 Å². The van der Waals surface area contributed by atoms with Crippen LogP contribution in [-0.4, -0.2) is 31.7 Å². The molecule has 0 saturated carbocycles. The van der Waals surface area contributed by atoms with Gasteiger partial charge < -0.3 is 10.2 Å². The van der Waals surface area contributed by atoms with Crippen LogP contribution in [0.5, 0.6) is 0 Å². The summed E-state index contributed by atoms with van der Waals surface area (Å²) in [5.74, 6) is -0.0599. The van der Waals surface area contributed by atoms with Crippen molar-refractivity contribution in [3.8, 4) is 0 Å². The molecule has 1 N–H and O–H groups in total. The lowest BCUT2D eigenvalue weighted by Crippen LogP contribution is -2.30. The molecule has 1 amide bonds. The van der Waals surface area contributed by atoms with Crippen molar-refractivity contribution in [3.63, 3.8) is 0 Å². The zero-order valence-electron chi connectivity index (χ0n) is 13.4. The van der Waals surface area contributed by atoms with E-state index in [2.05, 4.69) is 15.5 Å². The fourth-order valence-corrected chi connectivity index (χ4v) is 2.56. The van der Waals surface area contributed by atoms with Gasteiger partial charge in [-0.05, 0) is 60.7 Å². The SMILES string of the molecule is CN(C)c1ccc(N=Nc2ccc(N3C(=O)CNC3=S)cc2)cc1. The molecule has 0 atom stereocenters. The first-order chi connectivity index (χ1) is 11.5. The number of thiocarbonyl (C=S) groups is 1. The number of amides is 1. The van der Waals surface area contributed by atoms with Gasteiger partial charge in [0.2, 0.25) is 0 Å². The zero-order valence-corrected chi connectivity index (χ0v) is 14.2. The number of rotatable bonds is 4. The van der Waals surface area contributed by atoms with Gasteiger partial charge in [0.15, 0.2) is 5.11 Å². The normalized spacial score (nSPS) is 14.3. The number of nitrogens with one attached hydrogen (secondary N) is 1. The van der Waals surface area contributed by atoms with Gasteiger partial charge in [0.25, 0.3) is 5.91 Å². The molecule has 1 aliphatic rings. The third kappa shape index (κ3) is 3.41. The zero-order chi connectivity index (χ0) is 17.1. The Labute approximate surface area is 145 Å². The highest BCUT2D eigenvalue weighted by Gasteiger charge is 2.26. The molecule has 6 nitrogen and oxygen atoms in total. The lowest BCUT2D eigenvalue weighted by molar-refractivity contribution is -0.115. The van der Waals surface area contributed by atoms with Crippen molar-refractivity contribution in [3.05, 3.63) is 48.5 Å². The molecule has 0 aromatic heterocycles. The lowest BCUT2D eigenvalue weighted by Gasteiger charge is -2.14. The molecule has 1 fully saturated rings. The van der Waals surface area contributed by atoms with Gasteiger partial charge in [-0.25, -0.2) is 0 Å². The standard InChI is InChI=1S/C17H17N5OS/c1-21(2)14-7-3-12(4-8-14)19-20-13-5-9-15(10-6-13)22-16(23)11-18-17(22)24/h3-10H,11H2,1-2H3,(H,18,24). The summed E-state index contributed by atoms with van der Waals surface area (Å²) in [6.45, 7) is 0.239. The van der Waals surface area contributed by atoms with E-state index in [1.54, 1.807) is 24.3 Å². The predicted molar refractivity (Wildman–Crippen MR) is 99.5 cm³/mol. The maximum atomic E-state index is 11.8. The topological polar surface area (TPSA) is 60.3 Å². The molecular weight excluding hydrogens is 322 g/mol. The van der Waals surface area contributed by atoms with Gasteiger partial charge in [-0.2, -0.15) is 10.2 Å². The molecule has 0 bridgehead atoms. The van der Waals surface area contributed by atoms with Crippen LogP contribution in [0.25, 0.3) is 0 Å². The van der Waals surface area contributed by atoms with Crippen molar-refractivity contribution in [1.29, 1.82) is 0 Å². The molecule has 2 aromatic rings. The predicted octanol–water partition coefficient (Wildman–Crippen LogP) is 3.39. The monoisotopic (exact) mass is 339 g/mol. The highest BCUT2D eigenvalue weighted by molar-refractivity contribution is 7.80. The van der Waals surface area contributed by atoms with Crippen LogP contribution in [-0.2, 0) is 4.79 Å². The van der Waals surface area contributed by atoms with Gasteiger partial charge in [0.05, 0.1) is 23.6 Å². The van der Waals surface area contributed by atoms with Gasteiger partial charge in [-0.3, -0.25) is 9.69 Å². The van der Waals surface area contributed by atoms with Gasteiger partial charge in [0.1, 0.15) is 0 Å². The second-order valence-electron chi connectivity index (χ2n) is 5.52. The van der Waals surface area contributed by atoms with Gasteiger partial charge in [0, 0.05) is 19.8 Å². The number of anilines is 2. The van der Waals surface area contributed by atoms with E-state index in [4.69, 9.17) is 12.2 Å². The number of nitrogens with zero attached hydrogens (tertiary/aromatic N) is 4. The Morgan fingerprint density at radius 3 is 2.00 bits per heavy atom. The van der Waals surface area contributed by atoms with Crippen LogP contribution >= 0.6 is 12.2 Å². The highest BCUT2D eigenvalue weighted by Crippen LogP contribution is 2.24. The lowest BCUT2D eigenvalue weighted by atomic mass is 10.2. The number of hydrogen-bond donors (Lipinski definition) is 1. The number of azo groups is 1. The van der Waals surface area contributed by atoms with Crippen molar-refractivity contribution in [2.45, 2.75) is 0 Å². The molecule has 24 heavy (non-hydrogen) atoms. The number of carbonyl (C=O) groups excluding carboxylic acids is 1. The largest absolute Gasteiger partial charge is 0.378 e. The second kappa shape index (κ2) is 6.76. The number of carbonyl (C=O) groups is 1. The van der Waals surface area contributed by atoms with Crippen LogP contribution in [0.15, 0.2) is 58.8 Å². The van der Waals surface area contributed by atoms with E-state index in [0.717, 1.165) is 17.1 Å². The van der Waals surface area contributed by atoms with Crippen LogP contribution in [0.2, 0.25) is 0 Å². The summed E-state index contributed by atoms with van der Waals surface area (Å²) in [6, 6.07) is 15.0. The van der Waals surface area contributed by atoms with Crippen LogP contribution < -0.4 is 15.1 Å². The van der Waals surface area contributed by atoms with E-state index >= 15 is 0 Å². The van der Waals surface area contributed by atoms with Crippen molar-refractivity contribution >= 4 is 46.0 Å². The molecule has 0 radical (unpaired) electrons. The summed E-state index contributed by atoms with van der Waals surface area (Å²) < 4.78 is 0. The minimum Gasteiger partial charge on any atom is -0.378 e. The van der Waals surface area contributed by atoms with E-state index in [9.17, 15) is 4.79 Å². The van der Waals surface area contributed by atoms with E-state index in [1.165, 1.54) is 4.90 Å². The molecule has 122 valence electrons. The summed E-state index contributed by atoms with van der Waals surface area (Å²) in [5.41, 5.74) is 3.33. The van der Waals surface area contributed by atoms with Crippen LogP contribution in [0.1, 0.15) is 0 Å². The molecule has 1 aliphatic heterocycles. The van der Waals surface area contributed by atoms with Crippen molar-refractivity contribution < 1.29 is 4.79 Å². The fraction of sp³-hybridized carbons (Fsp3) is 0.176. The van der Waals surface area contributed by atoms with Crippen LogP contribution in [0, 0.1) is 0 Å². The Morgan fingerprint density at radius 2 is 1.54 bits per heavy atom. The maximum Gasteiger partial charge on any atom is 0.252 e. The van der Waals surface area contributed by atoms with E-state index < -0.39 is 0 Å². The molecule has 1 heterocycles. The quantitative estimate of drug-likeness (QED) is 0.685. The molecule has 1 saturated heterocycles. The second-order valence-corrected chi connectivity index (χ2v) is 5.90. The summed E-state index contributed by atoms with van der Waals surface area (Å²) in [7, 11) is 3.98. The summed E-state index contributed by atoms with van der Waals surface area (Å²) in [4.78, 5) is 15.3. The Bertz CT molecular complexity index is 768.